The van der Waals surface area contributed by atoms with E-state index in [4.69, 9.17) is 16.2 Å². The summed E-state index contributed by atoms with van der Waals surface area (Å²) in [6, 6.07) is 13.3. The summed E-state index contributed by atoms with van der Waals surface area (Å²) in [5, 5.41) is 18.3. The van der Waals surface area contributed by atoms with E-state index in [1.165, 1.54) is 6.07 Å². The summed E-state index contributed by atoms with van der Waals surface area (Å²) in [6.45, 7) is 1.93. The number of ether oxygens (including phenoxy) is 1. The molecule has 34 heavy (non-hydrogen) atoms. The van der Waals surface area contributed by atoms with Crippen LogP contribution in [0, 0.1) is 0 Å². The molecule has 2 heterocycles. The van der Waals surface area contributed by atoms with Crippen LogP contribution >= 0.6 is 0 Å². The summed E-state index contributed by atoms with van der Waals surface area (Å²) < 4.78 is 5.16. The maximum atomic E-state index is 12.5. The molecule has 0 aliphatic heterocycles. The average Bonchev–Trinajstić information content (AvgIpc) is 3.46. The van der Waals surface area contributed by atoms with Crippen molar-refractivity contribution in [2.75, 3.05) is 18.1 Å². The van der Waals surface area contributed by atoms with Crippen molar-refractivity contribution >= 4 is 34.7 Å². The maximum Gasteiger partial charge on any atom is 0.340 e. The van der Waals surface area contributed by atoms with E-state index in [-0.39, 0.29) is 29.1 Å². The number of hydrogen-bond donors (Lipinski definition) is 5. The van der Waals surface area contributed by atoms with Gasteiger partial charge in [-0.25, -0.2) is 9.59 Å². The number of aromatic amines is 2. The second kappa shape index (κ2) is 9.33. The topological polar surface area (TPSA) is 172 Å². The van der Waals surface area contributed by atoms with Crippen LogP contribution in [-0.4, -0.2) is 33.6 Å². The minimum atomic E-state index is -1.15. The lowest BCUT2D eigenvalue weighted by Gasteiger charge is -2.11. The molecule has 0 unspecified atom stereocenters. The largest absolute Gasteiger partial charge is 0.478 e. The molecule has 0 saturated heterocycles. The average molecular weight is 458 g/mol. The normalized spacial score (nSPS) is 11.1. The highest BCUT2D eigenvalue weighted by molar-refractivity contribution is 6.03. The molecule has 4 aromatic rings. The number of H-pyrrole nitrogens is 2. The van der Waals surface area contributed by atoms with Gasteiger partial charge >= 0.3 is 11.9 Å². The third kappa shape index (κ3) is 4.11. The molecule has 0 fully saturated rings. The fourth-order valence-electron chi connectivity index (χ4n) is 3.66. The summed E-state index contributed by atoms with van der Waals surface area (Å²) in [6.07, 6.45) is 3.30. The van der Waals surface area contributed by atoms with Crippen LogP contribution in [0.25, 0.3) is 22.5 Å². The Morgan fingerprint density at radius 2 is 1.35 bits per heavy atom. The number of carboxylic acid groups (broad SMARTS) is 1. The SMILES string of the molecule is CCOC(=O)c1c(N)cccc1-c1[nH]ccc1N=Nc1cc[nH]c1-c1cccc(N)c1C(=O)O. The lowest BCUT2D eigenvalue weighted by molar-refractivity contribution is 0.0528. The van der Waals surface area contributed by atoms with Crippen molar-refractivity contribution in [3.05, 3.63) is 72.1 Å². The zero-order valence-electron chi connectivity index (χ0n) is 18.2. The van der Waals surface area contributed by atoms with Gasteiger partial charge in [-0.15, -0.1) is 10.2 Å². The lowest BCUT2D eigenvalue weighted by Crippen LogP contribution is -2.09. The molecule has 0 atom stereocenters. The van der Waals surface area contributed by atoms with E-state index in [0.29, 0.717) is 33.9 Å². The Bertz CT molecular complexity index is 1400. The number of rotatable bonds is 7. The number of nitrogens with two attached hydrogens (primary N) is 2. The van der Waals surface area contributed by atoms with Gasteiger partial charge in [-0.1, -0.05) is 24.3 Å². The molecule has 0 amide bonds. The first-order valence-corrected chi connectivity index (χ1v) is 10.4. The molecule has 0 bridgehead atoms. The molecule has 7 N–H and O–H groups in total. The molecular formula is C24H22N6O4. The molecule has 0 aliphatic rings. The van der Waals surface area contributed by atoms with Crippen LogP contribution < -0.4 is 11.5 Å². The third-order valence-corrected chi connectivity index (χ3v) is 5.14. The first-order chi connectivity index (χ1) is 16.4. The minimum absolute atomic E-state index is 0.0254. The number of anilines is 2. The number of nitrogens with one attached hydrogen (secondary N) is 2. The fourth-order valence-corrected chi connectivity index (χ4v) is 3.66. The quantitative estimate of drug-likeness (QED) is 0.146. The van der Waals surface area contributed by atoms with Crippen LogP contribution in [0.15, 0.2) is 71.2 Å². The molecule has 4 rings (SSSR count). The van der Waals surface area contributed by atoms with E-state index in [1.807, 2.05) is 0 Å². The molecule has 172 valence electrons. The number of aromatic carboxylic acids is 1. The first-order valence-electron chi connectivity index (χ1n) is 10.4. The lowest BCUT2D eigenvalue weighted by atomic mass is 10.0. The number of carbonyl (C=O) groups is 2. The predicted molar refractivity (Wildman–Crippen MR) is 128 cm³/mol. The van der Waals surface area contributed by atoms with Crippen molar-refractivity contribution in [2.45, 2.75) is 6.92 Å². The standard InChI is InChI=1S/C24H22N6O4/c1-2-34-24(33)20-14(6-4-8-16(20)26)22-18(10-12-28-22)30-29-17-9-11-27-21(17)13-5-3-7-15(25)19(13)23(31)32/h3-12,27-28H,2,25-26H2,1H3,(H,31,32). The minimum Gasteiger partial charge on any atom is -0.478 e. The van der Waals surface area contributed by atoms with E-state index in [2.05, 4.69) is 20.2 Å². The number of nitrogen functional groups attached to an aromatic ring is 2. The Hall–Kier alpha value is -4.86. The van der Waals surface area contributed by atoms with Gasteiger partial charge in [0.1, 0.15) is 11.4 Å². The Kier molecular flexibility index (Phi) is 6.13. The van der Waals surface area contributed by atoms with E-state index in [1.54, 1.807) is 61.8 Å². The highest BCUT2D eigenvalue weighted by Crippen LogP contribution is 2.37. The highest BCUT2D eigenvalue weighted by atomic mass is 16.5. The number of nitrogens with zero attached hydrogens (tertiary/aromatic N) is 2. The molecule has 0 spiro atoms. The van der Waals surface area contributed by atoms with Crippen LogP contribution in [0.2, 0.25) is 0 Å². The molecule has 10 nitrogen and oxygen atoms in total. The van der Waals surface area contributed by atoms with Gasteiger partial charge in [-0.05, 0) is 31.2 Å². The van der Waals surface area contributed by atoms with Crippen LogP contribution in [0.5, 0.6) is 0 Å². The molecule has 2 aromatic heterocycles. The van der Waals surface area contributed by atoms with E-state index in [9.17, 15) is 14.7 Å². The highest BCUT2D eigenvalue weighted by Gasteiger charge is 2.21. The van der Waals surface area contributed by atoms with Crippen LogP contribution in [0.4, 0.5) is 22.7 Å². The summed E-state index contributed by atoms with van der Waals surface area (Å²) >= 11 is 0. The third-order valence-electron chi connectivity index (χ3n) is 5.14. The maximum absolute atomic E-state index is 12.5. The van der Waals surface area contributed by atoms with Gasteiger partial charge in [-0.3, -0.25) is 0 Å². The van der Waals surface area contributed by atoms with Crippen molar-refractivity contribution in [2.24, 2.45) is 10.2 Å². The van der Waals surface area contributed by atoms with Crippen molar-refractivity contribution in [1.29, 1.82) is 0 Å². The summed E-state index contributed by atoms with van der Waals surface area (Å²) in [7, 11) is 0. The Labute approximate surface area is 194 Å². The van der Waals surface area contributed by atoms with Gasteiger partial charge in [0.25, 0.3) is 0 Å². The monoisotopic (exact) mass is 458 g/mol. The van der Waals surface area contributed by atoms with Gasteiger partial charge in [0.05, 0.1) is 29.1 Å². The van der Waals surface area contributed by atoms with Crippen LogP contribution in [-0.2, 0) is 4.74 Å². The first kappa shape index (κ1) is 22.3. The Balaban J connectivity index is 1.75. The number of benzene rings is 2. The molecular weight excluding hydrogens is 436 g/mol. The van der Waals surface area contributed by atoms with Crippen molar-refractivity contribution in [1.82, 2.24) is 9.97 Å². The smallest absolute Gasteiger partial charge is 0.340 e. The molecule has 0 aliphatic carbocycles. The number of azo groups is 1. The van der Waals surface area contributed by atoms with Gasteiger partial charge in [0.2, 0.25) is 0 Å². The van der Waals surface area contributed by atoms with E-state index in [0.717, 1.165) is 0 Å². The molecule has 2 aromatic carbocycles. The predicted octanol–water partition coefficient (Wildman–Crippen LogP) is 5.13. The molecule has 0 radical (unpaired) electrons. The van der Waals surface area contributed by atoms with Gasteiger partial charge in [0.15, 0.2) is 0 Å². The summed E-state index contributed by atoms with van der Waals surface area (Å²) in [5.74, 6) is -1.68. The van der Waals surface area contributed by atoms with Crippen molar-refractivity contribution < 1.29 is 19.4 Å². The molecule has 10 heteroatoms. The molecule has 0 saturated carbocycles. The second-order valence-electron chi connectivity index (χ2n) is 7.24. The van der Waals surface area contributed by atoms with Crippen LogP contribution in [0.3, 0.4) is 0 Å². The van der Waals surface area contributed by atoms with Gasteiger partial charge in [0, 0.05) is 34.9 Å². The summed E-state index contributed by atoms with van der Waals surface area (Å²) in [5.41, 5.74) is 15.4. The Morgan fingerprint density at radius 1 is 0.853 bits per heavy atom. The number of aromatic nitrogens is 2. The Morgan fingerprint density at radius 3 is 1.85 bits per heavy atom. The number of hydrogen-bond acceptors (Lipinski definition) is 7. The van der Waals surface area contributed by atoms with E-state index < -0.39 is 11.9 Å². The number of carbonyl (C=O) groups excluding carboxylic acids is 1. The van der Waals surface area contributed by atoms with Gasteiger partial charge in [-0.2, -0.15) is 0 Å². The van der Waals surface area contributed by atoms with Crippen molar-refractivity contribution in [3.8, 4) is 22.5 Å². The van der Waals surface area contributed by atoms with Gasteiger partial charge < -0.3 is 31.3 Å². The zero-order chi connectivity index (χ0) is 24.2. The summed E-state index contributed by atoms with van der Waals surface area (Å²) in [4.78, 5) is 30.4. The number of carboxylic acids is 1. The zero-order valence-corrected chi connectivity index (χ0v) is 18.2. The van der Waals surface area contributed by atoms with Crippen LogP contribution in [0.1, 0.15) is 27.6 Å². The second-order valence-corrected chi connectivity index (χ2v) is 7.24. The number of esters is 1. The van der Waals surface area contributed by atoms with Crippen molar-refractivity contribution in [3.63, 3.8) is 0 Å². The van der Waals surface area contributed by atoms with E-state index >= 15 is 0 Å². The fraction of sp³-hybridized carbons (Fsp3) is 0.0833.